The smallest absolute Gasteiger partial charge is 0.251 e. The largest absolute Gasteiger partial charge is 0.496 e. The van der Waals surface area contributed by atoms with Gasteiger partial charge in [-0.15, -0.1) is 0 Å². The molecule has 0 amide bonds. The van der Waals surface area contributed by atoms with Crippen LogP contribution in [0.3, 0.4) is 0 Å². The van der Waals surface area contributed by atoms with Gasteiger partial charge in [0.15, 0.2) is 5.82 Å². The van der Waals surface area contributed by atoms with E-state index in [9.17, 15) is 4.79 Å². The van der Waals surface area contributed by atoms with Gasteiger partial charge in [-0.1, -0.05) is 30.7 Å². The number of piperidine rings is 1. The number of nitrogens with one attached hydrogen (secondary N) is 1. The number of pyridine rings is 1. The highest BCUT2D eigenvalue weighted by Crippen LogP contribution is 2.32. The first-order valence-corrected chi connectivity index (χ1v) is 9.63. The molecule has 2 aromatic heterocycles. The summed E-state index contributed by atoms with van der Waals surface area (Å²) in [5.74, 6) is 1.41. The second kappa shape index (κ2) is 8.35. The highest BCUT2D eigenvalue weighted by atomic mass is 16.5. The van der Waals surface area contributed by atoms with E-state index in [2.05, 4.69) is 20.9 Å². The maximum atomic E-state index is 12.3. The Hall–Kier alpha value is -2.99. The van der Waals surface area contributed by atoms with Crippen molar-refractivity contribution >= 4 is 0 Å². The van der Waals surface area contributed by atoms with Crippen LogP contribution in [0.25, 0.3) is 11.5 Å². The summed E-state index contributed by atoms with van der Waals surface area (Å²) in [5, 5.41) is 0. The summed E-state index contributed by atoms with van der Waals surface area (Å²) in [7, 11) is 1.70. The van der Waals surface area contributed by atoms with Gasteiger partial charge >= 0.3 is 0 Å². The van der Waals surface area contributed by atoms with Gasteiger partial charge in [-0.3, -0.25) is 14.7 Å². The van der Waals surface area contributed by atoms with Gasteiger partial charge < -0.3 is 9.72 Å². The first kappa shape index (κ1) is 18.4. The van der Waals surface area contributed by atoms with E-state index in [4.69, 9.17) is 9.72 Å². The number of benzene rings is 1. The van der Waals surface area contributed by atoms with Gasteiger partial charge in [0.25, 0.3) is 5.56 Å². The normalized spacial score (nSPS) is 17.4. The molecule has 0 radical (unpaired) electrons. The first-order chi connectivity index (χ1) is 13.7. The van der Waals surface area contributed by atoms with Crippen LogP contribution in [0.5, 0.6) is 5.75 Å². The molecule has 3 aromatic rings. The molecule has 1 saturated heterocycles. The van der Waals surface area contributed by atoms with Crippen molar-refractivity contribution in [1.29, 1.82) is 0 Å². The van der Waals surface area contributed by atoms with Crippen LogP contribution in [-0.2, 0) is 6.54 Å². The third-order valence-corrected chi connectivity index (χ3v) is 5.19. The Bertz CT molecular complexity index is 987. The van der Waals surface area contributed by atoms with Crippen LogP contribution in [0, 0.1) is 0 Å². The number of methoxy groups -OCH3 is 1. The van der Waals surface area contributed by atoms with E-state index in [-0.39, 0.29) is 11.6 Å². The van der Waals surface area contributed by atoms with E-state index >= 15 is 0 Å². The quantitative estimate of drug-likeness (QED) is 0.737. The summed E-state index contributed by atoms with van der Waals surface area (Å²) < 4.78 is 5.52. The first-order valence-electron chi connectivity index (χ1n) is 9.63. The molecule has 0 spiro atoms. The molecule has 1 unspecified atom stereocenters. The summed E-state index contributed by atoms with van der Waals surface area (Å²) in [5.41, 5.74) is 2.48. The molecular weight excluding hydrogens is 352 g/mol. The van der Waals surface area contributed by atoms with Crippen LogP contribution < -0.4 is 10.3 Å². The molecule has 1 N–H and O–H groups in total. The molecule has 0 saturated carbocycles. The van der Waals surface area contributed by atoms with Crippen molar-refractivity contribution in [3.63, 3.8) is 0 Å². The maximum Gasteiger partial charge on any atom is 0.251 e. The van der Waals surface area contributed by atoms with E-state index in [0.29, 0.717) is 11.5 Å². The Morgan fingerprint density at radius 3 is 2.86 bits per heavy atom. The number of hydrogen-bond acceptors (Lipinski definition) is 5. The fraction of sp³-hybridized carbons (Fsp3) is 0.318. The van der Waals surface area contributed by atoms with Gasteiger partial charge in [0.2, 0.25) is 0 Å². The zero-order valence-corrected chi connectivity index (χ0v) is 16.0. The van der Waals surface area contributed by atoms with E-state index in [0.717, 1.165) is 49.4 Å². The highest BCUT2D eigenvalue weighted by Gasteiger charge is 2.26. The lowest BCUT2D eigenvalue weighted by Crippen LogP contribution is -2.34. The third-order valence-electron chi connectivity index (χ3n) is 5.19. The zero-order valence-electron chi connectivity index (χ0n) is 16.0. The molecular formula is C22H24N4O2. The lowest BCUT2D eigenvalue weighted by atomic mass is 9.98. The van der Waals surface area contributed by atoms with Gasteiger partial charge in [-0.25, -0.2) is 4.98 Å². The summed E-state index contributed by atoms with van der Waals surface area (Å²) in [6.07, 6.45) is 4.95. The number of hydrogen-bond donors (Lipinski definition) is 1. The van der Waals surface area contributed by atoms with Crippen molar-refractivity contribution in [3.8, 4) is 17.3 Å². The Labute approximate surface area is 164 Å². The summed E-state index contributed by atoms with van der Waals surface area (Å²) in [6, 6.07) is 15.4. The lowest BCUT2D eigenvalue weighted by Gasteiger charge is -2.35. The standard InChI is InChI=1S/C22H24N4O2/c1-28-20-11-3-2-8-16(20)15-26-13-7-5-10-19(26)18-14-21(27)25-22(24-18)17-9-4-6-12-23-17/h2-4,6,8-9,11-12,14,19H,5,7,10,13,15H2,1H3,(H,24,25,27). The van der Waals surface area contributed by atoms with Gasteiger partial charge in [-0.2, -0.15) is 0 Å². The van der Waals surface area contributed by atoms with Crippen molar-refractivity contribution < 1.29 is 4.74 Å². The van der Waals surface area contributed by atoms with Crippen LogP contribution >= 0.6 is 0 Å². The number of rotatable bonds is 5. The number of H-pyrrole nitrogens is 1. The second-order valence-corrected chi connectivity index (χ2v) is 7.03. The van der Waals surface area contributed by atoms with Crippen LogP contribution in [-0.4, -0.2) is 33.5 Å². The minimum Gasteiger partial charge on any atom is -0.496 e. The second-order valence-electron chi connectivity index (χ2n) is 7.03. The topological polar surface area (TPSA) is 71.1 Å². The van der Waals surface area contributed by atoms with Crippen molar-refractivity contribution in [2.45, 2.75) is 31.8 Å². The van der Waals surface area contributed by atoms with Crippen molar-refractivity contribution in [2.24, 2.45) is 0 Å². The molecule has 0 bridgehead atoms. The molecule has 0 aliphatic carbocycles. The lowest BCUT2D eigenvalue weighted by molar-refractivity contribution is 0.136. The molecule has 28 heavy (non-hydrogen) atoms. The number of aromatic nitrogens is 3. The van der Waals surface area contributed by atoms with Crippen molar-refractivity contribution in [2.75, 3.05) is 13.7 Å². The number of para-hydroxylation sites is 1. The SMILES string of the molecule is COc1ccccc1CN1CCCCC1c1cc(=O)[nH]c(-c2ccccn2)n1. The van der Waals surface area contributed by atoms with Crippen molar-refractivity contribution in [3.05, 3.63) is 76.3 Å². The maximum absolute atomic E-state index is 12.3. The predicted molar refractivity (Wildman–Crippen MR) is 108 cm³/mol. The third kappa shape index (κ3) is 3.97. The average molecular weight is 376 g/mol. The van der Waals surface area contributed by atoms with Gasteiger partial charge in [0.1, 0.15) is 11.4 Å². The summed E-state index contributed by atoms with van der Waals surface area (Å²) in [4.78, 5) is 26.6. The Morgan fingerprint density at radius 2 is 2.04 bits per heavy atom. The molecule has 6 heteroatoms. The summed E-state index contributed by atoms with van der Waals surface area (Å²) >= 11 is 0. The number of aromatic amines is 1. The Morgan fingerprint density at radius 1 is 1.18 bits per heavy atom. The molecule has 1 aromatic carbocycles. The Balaban J connectivity index is 1.66. The van der Waals surface area contributed by atoms with Crippen LogP contribution in [0.2, 0.25) is 0 Å². The minimum atomic E-state index is -0.145. The molecule has 1 fully saturated rings. The van der Waals surface area contributed by atoms with E-state index in [1.54, 1.807) is 19.4 Å². The molecule has 144 valence electrons. The monoisotopic (exact) mass is 376 g/mol. The zero-order chi connectivity index (χ0) is 19.3. The highest BCUT2D eigenvalue weighted by molar-refractivity contribution is 5.48. The van der Waals surface area contributed by atoms with Crippen LogP contribution in [0.4, 0.5) is 0 Å². The average Bonchev–Trinajstić information content (AvgIpc) is 2.75. The van der Waals surface area contributed by atoms with E-state index in [1.807, 2.05) is 36.4 Å². The van der Waals surface area contributed by atoms with Crippen LogP contribution in [0.1, 0.15) is 36.6 Å². The van der Waals surface area contributed by atoms with E-state index in [1.165, 1.54) is 0 Å². The molecule has 1 aliphatic rings. The number of ether oxygens (including phenoxy) is 1. The molecule has 3 heterocycles. The van der Waals surface area contributed by atoms with Gasteiger partial charge in [0, 0.05) is 24.4 Å². The van der Waals surface area contributed by atoms with Crippen LogP contribution in [0.15, 0.2) is 59.5 Å². The fourth-order valence-corrected chi connectivity index (χ4v) is 3.84. The van der Waals surface area contributed by atoms with Gasteiger partial charge in [-0.05, 0) is 37.6 Å². The van der Waals surface area contributed by atoms with Crippen molar-refractivity contribution in [1.82, 2.24) is 19.9 Å². The summed E-state index contributed by atoms with van der Waals surface area (Å²) in [6.45, 7) is 1.73. The molecule has 4 rings (SSSR count). The minimum absolute atomic E-state index is 0.100. The molecule has 1 atom stereocenters. The number of likely N-dealkylation sites (tertiary alicyclic amines) is 1. The molecule has 6 nitrogen and oxygen atoms in total. The number of nitrogens with zero attached hydrogens (tertiary/aromatic N) is 3. The Kier molecular flexibility index (Phi) is 5.48. The molecule has 1 aliphatic heterocycles. The fourth-order valence-electron chi connectivity index (χ4n) is 3.84. The van der Waals surface area contributed by atoms with Gasteiger partial charge in [0.05, 0.1) is 18.8 Å². The van der Waals surface area contributed by atoms with E-state index < -0.39 is 0 Å². The predicted octanol–water partition coefficient (Wildman–Crippen LogP) is 3.57.